The van der Waals surface area contributed by atoms with Crippen LogP contribution in [0.2, 0.25) is 5.02 Å². The third-order valence-electron chi connectivity index (χ3n) is 3.24. The predicted molar refractivity (Wildman–Crippen MR) is 87.7 cm³/mol. The molecule has 2 aromatic carbocycles. The largest absolute Gasteiger partial charge is 0.486 e. The fourth-order valence-corrected chi connectivity index (χ4v) is 2.35. The van der Waals surface area contributed by atoms with Gasteiger partial charge in [-0.1, -0.05) is 17.7 Å². The highest BCUT2D eigenvalue weighted by atomic mass is 35.5. The van der Waals surface area contributed by atoms with Crippen molar-refractivity contribution in [2.45, 2.75) is 0 Å². The molecule has 0 radical (unpaired) electrons. The minimum atomic E-state index is -0.379. The maximum Gasteiger partial charge on any atom is 0.262 e. The minimum absolute atomic E-state index is 0.209. The molecule has 122 valence electrons. The van der Waals surface area contributed by atoms with Crippen LogP contribution in [0.4, 0.5) is 5.69 Å². The molecule has 2 aromatic rings. The number of hydrogen-bond acceptors (Lipinski definition) is 5. The number of rotatable bonds is 4. The van der Waals surface area contributed by atoms with E-state index in [0.29, 0.717) is 46.7 Å². The van der Waals surface area contributed by atoms with E-state index in [2.05, 4.69) is 5.32 Å². The molecule has 24 heavy (non-hydrogen) atoms. The Labute approximate surface area is 143 Å². The van der Waals surface area contributed by atoms with Gasteiger partial charge in [0.1, 0.15) is 19.0 Å². The lowest BCUT2D eigenvalue weighted by Crippen LogP contribution is -2.21. The maximum absolute atomic E-state index is 12.0. The molecule has 7 heteroatoms. The molecule has 6 nitrogen and oxygen atoms in total. The van der Waals surface area contributed by atoms with Crippen molar-refractivity contribution in [2.75, 3.05) is 25.1 Å². The second kappa shape index (κ2) is 7.11. The number of hydrogen-bond donors (Lipinski definition) is 1. The van der Waals surface area contributed by atoms with E-state index >= 15 is 0 Å². The summed E-state index contributed by atoms with van der Waals surface area (Å²) >= 11 is 6.13. The first-order valence-electron chi connectivity index (χ1n) is 7.17. The summed E-state index contributed by atoms with van der Waals surface area (Å²) in [6, 6.07) is 11.8. The van der Waals surface area contributed by atoms with Crippen LogP contribution in [0.25, 0.3) is 0 Å². The molecule has 3 rings (SSSR count). The molecule has 0 aliphatic carbocycles. The Morgan fingerprint density at radius 1 is 1.25 bits per heavy atom. The van der Waals surface area contributed by atoms with Gasteiger partial charge in [0.2, 0.25) is 0 Å². The number of anilines is 1. The van der Waals surface area contributed by atoms with Gasteiger partial charge >= 0.3 is 0 Å². The van der Waals surface area contributed by atoms with Crippen molar-refractivity contribution in [1.29, 1.82) is 5.26 Å². The van der Waals surface area contributed by atoms with E-state index < -0.39 is 0 Å². The number of nitrogens with zero attached hydrogens (tertiary/aromatic N) is 1. The van der Waals surface area contributed by atoms with Crippen molar-refractivity contribution in [3.63, 3.8) is 0 Å². The van der Waals surface area contributed by atoms with Gasteiger partial charge in [-0.25, -0.2) is 0 Å². The van der Waals surface area contributed by atoms with Crippen molar-refractivity contribution < 1.29 is 19.0 Å². The number of halogens is 1. The van der Waals surface area contributed by atoms with E-state index in [-0.39, 0.29) is 12.5 Å². The van der Waals surface area contributed by atoms with E-state index in [1.807, 2.05) is 6.07 Å². The molecule has 0 saturated carbocycles. The average Bonchev–Trinajstić information content (AvgIpc) is 2.61. The number of nitriles is 1. The van der Waals surface area contributed by atoms with Gasteiger partial charge in [-0.3, -0.25) is 4.79 Å². The number of amides is 1. The van der Waals surface area contributed by atoms with Crippen molar-refractivity contribution >= 4 is 23.2 Å². The first-order chi connectivity index (χ1) is 11.7. The first kappa shape index (κ1) is 16.0. The lowest BCUT2D eigenvalue weighted by atomic mass is 10.2. The molecular weight excluding hydrogens is 332 g/mol. The smallest absolute Gasteiger partial charge is 0.262 e. The summed E-state index contributed by atoms with van der Waals surface area (Å²) in [6.45, 7) is 0.699. The highest BCUT2D eigenvalue weighted by Crippen LogP contribution is 2.37. The maximum atomic E-state index is 12.0. The van der Waals surface area contributed by atoms with Gasteiger partial charge in [0.15, 0.2) is 18.1 Å². The third kappa shape index (κ3) is 3.70. The predicted octanol–water partition coefficient (Wildman–Crippen LogP) is 3.00. The van der Waals surface area contributed by atoms with Crippen LogP contribution in [0.15, 0.2) is 36.4 Å². The molecule has 0 aromatic heterocycles. The van der Waals surface area contributed by atoms with Gasteiger partial charge in [-0.05, 0) is 18.2 Å². The zero-order chi connectivity index (χ0) is 16.9. The van der Waals surface area contributed by atoms with E-state index in [1.165, 1.54) is 0 Å². The van der Waals surface area contributed by atoms with E-state index in [9.17, 15) is 4.79 Å². The van der Waals surface area contributed by atoms with Crippen molar-refractivity contribution in [2.24, 2.45) is 0 Å². The number of fused-ring (bicyclic) bond motifs is 1. The standard InChI is InChI=1S/C17H13ClN2O4/c18-13-7-15-16(23-5-4-22-15)8-14(13)20-17(21)10-24-12-3-1-2-11(6-12)9-19/h1-3,6-8H,4-5,10H2,(H,20,21). The Hall–Kier alpha value is -2.91. The molecule has 0 bridgehead atoms. The molecule has 0 unspecified atom stereocenters. The molecule has 1 heterocycles. The Kier molecular flexibility index (Phi) is 4.73. The molecule has 1 amide bonds. The van der Waals surface area contributed by atoms with Crippen LogP contribution >= 0.6 is 11.6 Å². The van der Waals surface area contributed by atoms with Crippen LogP contribution in [0.3, 0.4) is 0 Å². The van der Waals surface area contributed by atoms with Gasteiger partial charge in [-0.15, -0.1) is 0 Å². The highest BCUT2D eigenvalue weighted by molar-refractivity contribution is 6.34. The lowest BCUT2D eigenvalue weighted by molar-refractivity contribution is -0.118. The quantitative estimate of drug-likeness (QED) is 0.922. The topological polar surface area (TPSA) is 80.6 Å². The Morgan fingerprint density at radius 2 is 2.00 bits per heavy atom. The normalized spacial score (nSPS) is 12.2. The molecule has 1 aliphatic rings. The fraction of sp³-hybridized carbons (Fsp3) is 0.176. The van der Waals surface area contributed by atoms with Gasteiger partial charge in [0, 0.05) is 12.1 Å². The molecule has 0 fully saturated rings. The summed E-state index contributed by atoms with van der Waals surface area (Å²) in [6.07, 6.45) is 0. The van der Waals surface area contributed by atoms with Crippen LogP contribution < -0.4 is 19.5 Å². The van der Waals surface area contributed by atoms with Gasteiger partial charge in [0.25, 0.3) is 5.91 Å². The lowest BCUT2D eigenvalue weighted by Gasteiger charge is -2.20. The molecule has 0 saturated heterocycles. The second-order valence-electron chi connectivity index (χ2n) is 4.95. The number of carbonyl (C=O) groups is 1. The van der Waals surface area contributed by atoms with Crippen LogP contribution in [0, 0.1) is 11.3 Å². The van der Waals surface area contributed by atoms with Gasteiger partial charge in [0.05, 0.1) is 22.3 Å². The number of nitrogens with one attached hydrogen (secondary N) is 1. The number of carbonyl (C=O) groups excluding carboxylic acids is 1. The van der Waals surface area contributed by atoms with Crippen molar-refractivity contribution in [3.05, 3.63) is 47.0 Å². The van der Waals surface area contributed by atoms with Crippen LogP contribution in [-0.4, -0.2) is 25.7 Å². The summed E-state index contributed by atoms with van der Waals surface area (Å²) in [7, 11) is 0. The van der Waals surface area contributed by atoms with Crippen LogP contribution in [0.1, 0.15) is 5.56 Å². The molecule has 0 atom stereocenters. The Balaban J connectivity index is 1.63. The van der Waals surface area contributed by atoms with E-state index in [4.69, 9.17) is 31.1 Å². The summed E-state index contributed by atoms with van der Waals surface area (Å²) in [5.74, 6) is 1.14. The molecule has 1 aliphatic heterocycles. The first-order valence-corrected chi connectivity index (χ1v) is 7.55. The van der Waals surface area contributed by atoms with E-state index in [0.717, 1.165) is 0 Å². The summed E-state index contributed by atoms with van der Waals surface area (Å²) in [5, 5.41) is 11.8. The summed E-state index contributed by atoms with van der Waals surface area (Å²) in [4.78, 5) is 12.0. The Morgan fingerprint density at radius 3 is 2.75 bits per heavy atom. The third-order valence-corrected chi connectivity index (χ3v) is 3.55. The fourth-order valence-electron chi connectivity index (χ4n) is 2.15. The van der Waals surface area contributed by atoms with Crippen LogP contribution in [-0.2, 0) is 4.79 Å². The monoisotopic (exact) mass is 344 g/mol. The average molecular weight is 345 g/mol. The highest BCUT2D eigenvalue weighted by Gasteiger charge is 2.16. The van der Waals surface area contributed by atoms with E-state index in [1.54, 1.807) is 36.4 Å². The number of ether oxygens (including phenoxy) is 3. The van der Waals surface area contributed by atoms with Gasteiger partial charge < -0.3 is 19.5 Å². The second-order valence-corrected chi connectivity index (χ2v) is 5.36. The SMILES string of the molecule is N#Cc1cccc(OCC(=O)Nc2cc3c(cc2Cl)OCCO3)c1. The van der Waals surface area contributed by atoms with Gasteiger partial charge in [-0.2, -0.15) is 5.26 Å². The minimum Gasteiger partial charge on any atom is -0.486 e. The van der Waals surface area contributed by atoms with Crippen LogP contribution in [0.5, 0.6) is 17.2 Å². The molecule has 0 spiro atoms. The summed E-state index contributed by atoms with van der Waals surface area (Å²) < 4.78 is 16.2. The zero-order valence-corrected chi connectivity index (χ0v) is 13.3. The molecule has 1 N–H and O–H groups in total. The van der Waals surface area contributed by atoms with Crippen molar-refractivity contribution in [1.82, 2.24) is 0 Å². The van der Waals surface area contributed by atoms with Crippen molar-refractivity contribution in [3.8, 4) is 23.3 Å². The number of benzene rings is 2. The molecular formula is C17H13ClN2O4. The zero-order valence-electron chi connectivity index (χ0n) is 12.5. The summed E-state index contributed by atoms with van der Waals surface area (Å²) in [5.41, 5.74) is 0.878. The Bertz CT molecular complexity index is 817.